The highest BCUT2D eigenvalue weighted by Crippen LogP contribution is 2.14. The fourth-order valence-electron chi connectivity index (χ4n) is 2.25. The molecule has 0 aromatic carbocycles. The lowest BCUT2D eigenvalue weighted by Gasteiger charge is -2.26. The molecular weight excluding hydrogens is 176 g/mol. The fraction of sp³-hybridized carbons (Fsp3) is 1.00. The quantitative estimate of drug-likeness (QED) is 0.695. The Bertz CT molecular complexity index is 152. The van der Waals surface area contributed by atoms with Gasteiger partial charge in [-0.15, -0.1) is 0 Å². The maximum absolute atomic E-state index is 5.24. The van der Waals surface area contributed by atoms with Crippen molar-refractivity contribution in [3.05, 3.63) is 0 Å². The van der Waals surface area contributed by atoms with Crippen molar-refractivity contribution in [3.8, 4) is 0 Å². The third kappa shape index (κ3) is 3.23. The van der Waals surface area contributed by atoms with Crippen LogP contribution in [-0.4, -0.2) is 50.3 Å². The van der Waals surface area contributed by atoms with Crippen molar-refractivity contribution >= 4 is 0 Å². The van der Waals surface area contributed by atoms with Crippen molar-refractivity contribution in [1.82, 2.24) is 10.2 Å². The number of nitrogens with one attached hydrogen (secondary N) is 1. The van der Waals surface area contributed by atoms with E-state index in [1.165, 1.54) is 25.9 Å². The van der Waals surface area contributed by atoms with Gasteiger partial charge in [0, 0.05) is 32.3 Å². The molecule has 14 heavy (non-hydrogen) atoms. The molecule has 3 nitrogen and oxygen atoms in total. The molecule has 1 aliphatic rings. The van der Waals surface area contributed by atoms with Crippen LogP contribution in [0.3, 0.4) is 0 Å². The minimum absolute atomic E-state index is 0.614. The largest absolute Gasteiger partial charge is 0.383 e. The van der Waals surface area contributed by atoms with Gasteiger partial charge in [-0.2, -0.15) is 0 Å². The summed E-state index contributed by atoms with van der Waals surface area (Å²) < 4.78 is 5.24. The molecule has 0 aliphatic carbocycles. The van der Waals surface area contributed by atoms with Gasteiger partial charge in [0.1, 0.15) is 0 Å². The van der Waals surface area contributed by atoms with Crippen LogP contribution in [0.4, 0.5) is 0 Å². The number of likely N-dealkylation sites (N-methyl/N-ethyl adjacent to an activating group) is 1. The van der Waals surface area contributed by atoms with Gasteiger partial charge in [0.15, 0.2) is 0 Å². The molecular formula is C11H24N2O. The van der Waals surface area contributed by atoms with Crippen LogP contribution in [-0.2, 0) is 4.74 Å². The lowest BCUT2D eigenvalue weighted by Crippen LogP contribution is -2.39. The standard InChI is InChI=1S/C11H24N2O/c1-4-11(9-14-3)13-7-6-10(8-13)12-5-2/h10-12H,4-9H2,1-3H3. The first-order chi connectivity index (χ1) is 6.81. The zero-order valence-electron chi connectivity index (χ0n) is 9.75. The number of rotatable bonds is 6. The SMILES string of the molecule is CCNC1CCN(C(CC)COC)C1. The molecule has 0 bridgehead atoms. The molecule has 3 heteroatoms. The summed E-state index contributed by atoms with van der Waals surface area (Å²) in [4.78, 5) is 2.55. The summed E-state index contributed by atoms with van der Waals surface area (Å²) in [5.41, 5.74) is 0. The summed E-state index contributed by atoms with van der Waals surface area (Å²) in [5, 5.41) is 3.51. The third-order valence-electron chi connectivity index (χ3n) is 3.06. The topological polar surface area (TPSA) is 24.5 Å². The van der Waals surface area contributed by atoms with Gasteiger partial charge in [-0.3, -0.25) is 4.90 Å². The summed E-state index contributed by atoms with van der Waals surface area (Å²) in [6, 6.07) is 1.31. The molecule has 0 amide bonds. The normalized spacial score (nSPS) is 25.5. The molecule has 1 rings (SSSR count). The second kappa shape index (κ2) is 6.38. The van der Waals surface area contributed by atoms with Crippen molar-refractivity contribution in [2.75, 3.05) is 33.4 Å². The lowest BCUT2D eigenvalue weighted by atomic mass is 10.2. The summed E-state index contributed by atoms with van der Waals surface area (Å²) in [5.74, 6) is 0. The third-order valence-corrected chi connectivity index (χ3v) is 3.06. The minimum atomic E-state index is 0.614. The average Bonchev–Trinajstić information content (AvgIpc) is 2.63. The molecule has 84 valence electrons. The molecule has 0 radical (unpaired) electrons. The van der Waals surface area contributed by atoms with E-state index < -0.39 is 0 Å². The Morgan fingerprint density at radius 3 is 2.86 bits per heavy atom. The van der Waals surface area contributed by atoms with Crippen LogP contribution in [0.5, 0.6) is 0 Å². The molecule has 0 spiro atoms. The summed E-state index contributed by atoms with van der Waals surface area (Å²) in [7, 11) is 1.79. The Labute approximate surface area is 87.8 Å². The molecule has 2 unspecified atom stereocenters. The number of hydrogen-bond acceptors (Lipinski definition) is 3. The molecule has 0 aromatic rings. The van der Waals surface area contributed by atoms with Crippen LogP contribution < -0.4 is 5.32 Å². The van der Waals surface area contributed by atoms with Gasteiger partial charge in [0.05, 0.1) is 6.61 Å². The molecule has 2 atom stereocenters. The number of hydrogen-bond donors (Lipinski definition) is 1. The highest BCUT2D eigenvalue weighted by atomic mass is 16.5. The first kappa shape index (κ1) is 12.0. The smallest absolute Gasteiger partial charge is 0.0617 e. The number of ether oxygens (including phenoxy) is 1. The molecule has 0 aromatic heterocycles. The van der Waals surface area contributed by atoms with Gasteiger partial charge in [0.25, 0.3) is 0 Å². The van der Waals surface area contributed by atoms with Crippen LogP contribution in [0.2, 0.25) is 0 Å². The van der Waals surface area contributed by atoms with Crippen LogP contribution in [0.15, 0.2) is 0 Å². The number of methoxy groups -OCH3 is 1. The van der Waals surface area contributed by atoms with Crippen LogP contribution in [0.25, 0.3) is 0 Å². The summed E-state index contributed by atoms with van der Waals surface area (Å²) in [6.45, 7) is 8.78. The monoisotopic (exact) mass is 200 g/mol. The summed E-state index contributed by atoms with van der Waals surface area (Å²) >= 11 is 0. The van der Waals surface area contributed by atoms with Crippen molar-refractivity contribution < 1.29 is 4.74 Å². The first-order valence-electron chi connectivity index (χ1n) is 5.78. The molecule has 1 N–H and O–H groups in total. The number of nitrogens with zero attached hydrogens (tertiary/aromatic N) is 1. The second-order valence-electron chi connectivity index (χ2n) is 4.06. The molecule has 1 heterocycles. The molecule has 1 fully saturated rings. The number of likely N-dealkylation sites (tertiary alicyclic amines) is 1. The van der Waals surface area contributed by atoms with Gasteiger partial charge in [-0.1, -0.05) is 13.8 Å². The van der Waals surface area contributed by atoms with Crippen LogP contribution >= 0.6 is 0 Å². The first-order valence-corrected chi connectivity index (χ1v) is 5.78. The molecule has 1 saturated heterocycles. The summed E-state index contributed by atoms with van der Waals surface area (Å²) in [6.07, 6.45) is 2.47. The average molecular weight is 200 g/mol. The Balaban J connectivity index is 2.31. The van der Waals surface area contributed by atoms with Crippen molar-refractivity contribution in [1.29, 1.82) is 0 Å². The van der Waals surface area contributed by atoms with Crippen molar-refractivity contribution in [3.63, 3.8) is 0 Å². The second-order valence-corrected chi connectivity index (χ2v) is 4.06. The minimum Gasteiger partial charge on any atom is -0.383 e. The van der Waals surface area contributed by atoms with E-state index in [1.807, 2.05) is 0 Å². The van der Waals surface area contributed by atoms with Gasteiger partial charge in [0.2, 0.25) is 0 Å². The predicted molar refractivity (Wildman–Crippen MR) is 59.6 cm³/mol. The van der Waals surface area contributed by atoms with Crippen LogP contribution in [0, 0.1) is 0 Å². The van der Waals surface area contributed by atoms with E-state index >= 15 is 0 Å². The lowest BCUT2D eigenvalue weighted by molar-refractivity contribution is 0.101. The Kier molecular flexibility index (Phi) is 5.45. The molecule has 1 aliphatic heterocycles. The Hall–Kier alpha value is -0.120. The Morgan fingerprint density at radius 2 is 2.29 bits per heavy atom. The van der Waals surface area contributed by atoms with Gasteiger partial charge in [-0.25, -0.2) is 0 Å². The van der Waals surface area contributed by atoms with E-state index in [9.17, 15) is 0 Å². The molecule has 0 saturated carbocycles. The fourth-order valence-corrected chi connectivity index (χ4v) is 2.25. The predicted octanol–water partition coefficient (Wildman–Crippen LogP) is 1.10. The van der Waals surface area contributed by atoms with E-state index in [0.717, 1.165) is 13.2 Å². The highest BCUT2D eigenvalue weighted by molar-refractivity contribution is 4.84. The van der Waals surface area contributed by atoms with E-state index in [2.05, 4.69) is 24.1 Å². The van der Waals surface area contributed by atoms with Gasteiger partial charge < -0.3 is 10.1 Å². The van der Waals surface area contributed by atoms with Crippen molar-refractivity contribution in [2.45, 2.75) is 38.8 Å². The zero-order valence-corrected chi connectivity index (χ0v) is 9.75. The van der Waals surface area contributed by atoms with Gasteiger partial charge in [-0.05, 0) is 19.4 Å². The van der Waals surface area contributed by atoms with Gasteiger partial charge >= 0.3 is 0 Å². The zero-order chi connectivity index (χ0) is 10.4. The van der Waals surface area contributed by atoms with E-state index in [-0.39, 0.29) is 0 Å². The van der Waals surface area contributed by atoms with E-state index in [1.54, 1.807) is 7.11 Å². The maximum atomic E-state index is 5.24. The van der Waals surface area contributed by atoms with E-state index in [0.29, 0.717) is 12.1 Å². The maximum Gasteiger partial charge on any atom is 0.0617 e. The van der Waals surface area contributed by atoms with Crippen LogP contribution in [0.1, 0.15) is 26.7 Å². The van der Waals surface area contributed by atoms with Crippen molar-refractivity contribution in [2.24, 2.45) is 0 Å². The highest BCUT2D eigenvalue weighted by Gasteiger charge is 2.26. The van der Waals surface area contributed by atoms with E-state index in [4.69, 9.17) is 4.74 Å². The Morgan fingerprint density at radius 1 is 1.50 bits per heavy atom.